The number of pyridine rings is 1. The van der Waals surface area contributed by atoms with Gasteiger partial charge in [0.15, 0.2) is 23.1 Å². The number of carbonyl (C=O) groups excluding carboxylic acids is 2. The Morgan fingerprint density at radius 3 is 2.75 bits per heavy atom. The van der Waals surface area contributed by atoms with Gasteiger partial charge in [0, 0.05) is 12.7 Å². The predicted molar refractivity (Wildman–Crippen MR) is 121 cm³/mol. The summed E-state index contributed by atoms with van der Waals surface area (Å²) >= 11 is 0. The molecule has 2 aromatic carbocycles. The lowest BCUT2D eigenvalue weighted by molar-refractivity contribution is -0.124. The normalized spacial score (nSPS) is 16.4. The highest BCUT2D eigenvalue weighted by Gasteiger charge is 2.29. The van der Waals surface area contributed by atoms with E-state index in [-0.39, 0.29) is 30.8 Å². The van der Waals surface area contributed by atoms with Gasteiger partial charge in [-0.05, 0) is 30.7 Å². The largest absolute Gasteiger partial charge is 0.486 e. The third-order valence-electron chi connectivity index (χ3n) is 6.06. The summed E-state index contributed by atoms with van der Waals surface area (Å²) < 4.78 is 45.7. The van der Waals surface area contributed by atoms with Crippen molar-refractivity contribution in [3.05, 3.63) is 63.4 Å². The zero-order valence-electron chi connectivity index (χ0n) is 19.0. The highest BCUT2D eigenvalue weighted by atomic mass is 19.2. The van der Waals surface area contributed by atoms with Gasteiger partial charge >= 0.3 is 0 Å². The number of carbonyl (C=O) groups is 2. The molecule has 0 radical (unpaired) electrons. The number of nitrogens with one attached hydrogen (secondary N) is 2. The summed E-state index contributed by atoms with van der Waals surface area (Å²) in [6, 6.07) is 4.06. The molecule has 12 heteroatoms. The van der Waals surface area contributed by atoms with E-state index in [4.69, 9.17) is 14.2 Å². The average Bonchev–Trinajstić information content (AvgIpc) is 3.34. The number of aromatic nitrogens is 1. The SMILES string of the molecule is CC1COc2c(F)c(F)cc3c(=O)c(C(=O)N[C@@H](CO)C(=O)NCc4ccc5c(c4)OCO5)cn1c23. The van der Waals surface area contributed by atoms with Crippen LogP contribution in [0.3, 0.4) is 0 Å². The standard InChI is InChI=1S/C24H21F2N3O7/c1-11-9-34-22-19(26)15(25)5-13-20(22)29(11)7-14(21(13)31)23(32)28-16(8-30)24(33)27-6-12-2-3-17-18(4-12)36-10-35-17/h2-5,7,11,16,30H,6,8-10H2,1H3,(H,27,33)(H,28,32)/t11?,16-/m0/s1. The molecule has 3 aromatic rings. The minimum Gasteiger partial charge on any atom is -0.486 e. The Morgan fingerprint density at radius 2 is 1.97 bits per heavy atom. The fourth-order valence-electron chi connectivity index (χ4n) is 4.15. The lowest BCUT2D eigenvalue weighted by Gasteiger charge is -2.27. The summed E-state index contributed by atoms with van der Waals surface area (Å²) in [6.07, 6.45) is 1.22. The van der Waals surface area contributed by atoms with Crippen molar-refractivity contribution in [2.75, 3.05) is 20.0 Å². The lowest BCUT2D eigenvalue weighted by Crippen LogP contribution is -2.49. The molecule has 0 fully saturated rings. The Balaban J connectivity index is 1.37. The molecule has 1 unspecified atom stereocenters. The van der Waals surface area contributed by atoms with Gasteiger partial charge in [0.05, 0.1) is 23.6 Å². The molecule has 2 aliphatic rings. The maximum absolute atomic E-state index is 14.3. The Kier molecular flexibility index (Phi) is 5.96. The molecule has 0 spiro atoms. The second-order valence-electron chi connectivity index (χ2n) is 8.45. The van der Waals surface area contributed by atoms with Crippen molar-refractivity contribution in [1.29, 1.82) is 0 Å². The molecular formula is C24H21F2N3O7. The van der Waals surface area contributed by atoms with Crippen molar-refractivity contribution in [2.45, 2.75) is 25.6 Å². The van der Waals surface area contributed by atoms with Crippen LogP contribution in [-0.2, 0) is 11.3 Å². The number of hydrogen-bond acceptors (Lipinski definition) is 7. The molecule has 3 N–H and O–H groups in total. The number of benzene rings is 2. The van der Waals surface area contributed by atoms with E-state index in [9.17, 15) is 28.3 Å². The molecule has 36 heavy (non-hydrogen) atoms. The summed E-state index contributed by atoms with van der Waals surface area (Å²) in [5, 5.41) is 14.4. The fraction of sp³-hybridized carbons (Fsp3) is 0.292. The van der Waals surface area contributed by atoms with Gasteiger partial charge in [0.1, 0.15) is 18.2 Å². The molecular weight excluding hydrogens is 480 g/mol. The molecule has 10 nitrogen and oxygen atoms in total. The number of fused-ring (bicyclic) bond motifs is 1. The number of rotatable bonds is 6. The first-order valence-electron chi connectivity index (χ1n) is 11.1. The van der Waals surface area contributed by atoms with Crippen molar-refractivity contribution < 1.29 is 37.7 Å². The number of aliphatic hydroxyl groups excluding tert-OH is 1. The van der Waals surface area contributed by atoms with E-state index in [1.807, 2.05) is 0 Å². The summed E-state index contributed by atoms with van der Waals surface area (Å²) in [5.74, 6) is -3.43. The van der Waals surface area contributed by atoms with Crippen molar-refractivity contribution in [2.24, 2.45) is 0 Å². The molecule has 3 heterocycles. The highest BCUT2D eigenvalue weighted by molar-refractivity contribution is 6.00. The van der Waals surface area contributed by atoms with Gasteiger partial charge in [-0.25, -0.2) is 4.39 Å². The maximum atomic E-state index is 14.3. The van der Waals surface area contributed by atoms with Crippen LogP contribution >= 0.6 is 0 Å². The zero-order chi connectivity index (χ0) is 25.6. The monoisotopic (exact) mass is 501 g/mol. The second-order valence-corrected chi connectivity index (χ2v) is 8.45. The summed E-state index contributed by atoms with van der Waals surface area (Å²) in [5.41, 5.74) is -0.526. The molecule has 1 aromatic heterocycles. The van der Waals surface area contributed by atoms with Crippen LogP contribution in [0.4, 0.5) is 8.78 Å². The van der Waals surface area contributed by atoms with Crippen LogP contribution in [0.25, 0.3) is 10.9 Å². The molecule has 0 aliphatic carbocycles. The third-order valence-corrected chi connectivity index (χ3v) is 6.06. The maximum Gasteiger partial charge on any atom is 0.257 e. The van der Waals surface area contributed by atoms with Crippen molar-refractivity contribution in [3.63, 3.8) is 0 Å². The molecule has 2 amide bonds. The van der Waals surface area contributed by atoms with Gasteiger partial charge < -0.3 is 34.5 Å². The zero-order valence-corrected chi connectivity index (χ0v) is 19.0. The van der Waals surface area contributed by atoms with Gasteiger partial charge in [-0.2, -0.15) is 4.39 Å². The van der Waals surface area contributed by atoms with Crippen molar-refractivity contribution >= 4 is 22.7 Å². The Morgan fingerprint density at radius 1 is 1.19 bits per heavy atom. The number of amides is 2. The van der Waals surface area contributed by atoms with Gasteiger partial charge in [-0.3, -0.25) is 14.4 Å². The molecule has 5 rings (SSSR count). The third kappa shape index (κ3) is 3.98. The molecule has 0 saturated carbocycles. The van der Waals surface area contributed by atoms with Crippen LogP contribution in [0.2, 0.25) is 0 Å². The number of halogens is 2. The minimum absolute atomic E-state index is 0.00602. The predicted octanol–water partition coefficient (Wildman–Crippen LogP) is 1.37. The summed E-state index contributed by atoms with van der Waals surface area (Å²) in [4.78, 5) is 38.6. The molecule has 188 valence electrons. The van der Waals surface area contributed by atoms with E-state index < -0.39 is 58.9 Å². The molecule has 0 saturated heterocycles. The molecule has 0 bridgehead atoms. The lowest BCUT2D eigenvalue weighted by atomic mass is 10.1. The average molecular weight is 501 g/mol. The second kappa shape index (κ2) is 9.11. The van der Waals surface area contributed by atoms with Gasteiger partial charge in [-0.15, -0.1) is 0 Å². The smallest absolute Gasteiger partial charge is 0.257 e. The number of ether oxygens (including phenoxy) is 3. The first-order valence-corrected chi connectivity index (χ1v) is 11.1. The number of hydrogen-bond donors (Lipinski definition) is 3. The topological polar surface area (TPSA) is 128 Å². The Hall–Kier alpha value is -4.19. The van der Waals surface area contributed by atoms with E-state index >= 15 is 0 Å². The van der Waals surface area contributed by atoms with Crippen LogP contribution in [0.5, 0.6) is 17.2 Å². The van der Waals surface area contributed by atoms with Crippen LogP contribution in [-0.4, -0.2) is 47.5 Å². The van der Waals surface area contributed by atoms with Gasteiger partial charge in [0.2, 0.25) is 23.9 Å². The number of nitrogens with zero attached hydrogens (tertiary/aromatic N) is 1. The van der Waals surface area contributed by atoms with Crippen LogP contribution in [0.15, 0.2) is 35.3 Å². The van der Waals surface area contributed by atoms with E-state index in [2.05, 4.69) is 10.6 Å². The van der Waals surface area contributed by atoms with E-state index in [1.54, 1.807) is 25.1 Å². The van der Waals surface area contributed by atoms with Gasteiger partial charge in [0.25, 0.3) is 5.91 Å². The Bertz CT molecular complexity index is 1460. The van der Waals surface area contributed by atoms with Gasteiger partial charge in [-0.1, -0.05) is 6.07 Å². The first kappa shape index (κ1) is 23.5. The summed E-state index contributed by atoms with van der Waals surface area (Å²) in [6.45, 7) is 1.16. The van der Waals surface area contributed by atoms with Crippen LogP contribution < -0.4 is 30.3 Å². The summed E-state index contributed by atoms with van der Waals surface area (Å²) in [7, 11) is 0. The van der Waals surface area contributed by atoms with Crippen LogP contribution in [0.1, 0.15) is 28.9 Å². The highest BCUT2D eigenvalue weighted by Crippen LogP contribution is 2.35. The van der Waals surface area contributed by atoms with Crippen LogP contribution in [0, 0.1) is 11.6 Å². The van der Waals surface area contributed by atoms with E-state index in [0.717, 1.165) is 0 Å². The number of aliphatic hydroxyl groups is 1. The minimum atomic E-state index is -1.37. The van der Waals surface area contributed by atoms with E-state index in [1.165, 1.54) is 10.8 Å². The van der Waals surface area contributed by atoms with Crippen molar-refractivity contribution in [3.8, 4) is 17.2 Å². The van der Waals surface area contributed by atoms with Crippen molar-refractivity contribution in [1.82, 2.24) is 15.2 Å². The quantitative estimate of drug-likeness (QED) is 0.466. The molecule has 2 atom stereocenters. The fourth-order valence-corrected chi connectivity index (χ4v) is 4.15. The first-order chi connectivity index (χ1) is 17.3. The Labute approximate surface area is 202 Å². The van der Waals surface area contributed by atoms with E-state index in [0.29, 0.717) is 23.1 Å². The molecule has 2 aliphatic heterocycles.